The van der Waals surface area contributed by atoms with Crippen LogP contribution in [-0.2, 0) is 14.3 Å². The molecule has 42 heavy (non-hydrogen) atoms. The van der Waals surface area contributed by atoms with Gasteiger partial charge in [0.25, 0.3) is 0 Å². The van der Waals surface area contributed by atoms with Gasteiger partial charge in [0.1, 0.15) is 6.10 Å². The molecule has 0 aromatic rings. The van der Waals surface area contributed by atoms with Gasteiger partial charge in [-0.15, -0.1) is 0 Å². The van der Waals surface area contributed by atoms with E-state index in [0.29, 0.717) is 12.8 Å². The lowest BCUT2D eigenvalue weighted by atomic mass is 10.0. The number of carboxylic acid groups (broad SMARTS) is 1. The molecule has 0 aliphatic carbocycles. The Labute approximate surface area is 262 Å². The van der Waals surface area contributed by atoms with Crippen molar-refractivity contribution in [2.45, 2.75) is 219 Å². The highest BCUT2D eigenvalue weighted by molar-refractivity contribution is 5.69. The first-order chi connectivity index (χ1) is 20.6. The summed E-state index contributed by atoms with van der Waals surface area (Å²) in [4.78, 5) is 22.9. The smallest absolute Gasteiger partial charge is 0.306 e. The molecule has 0 bridgehead atoms. The summed E-state index contributed by atoms with van der Waals surface area (Å²) in [6.07, 6.45) is 41.5. The van der Waals surface area contributed by atoms with Gasteiger partial charge in [-0.2, -0.15) is 0 Å². The zero-order chi connectivity index (χ0) is 30.8. The average molecular weight is 593 g/mol. The fourth-order valence-corrected chi connectivity index (χ4v) is 5.76. The van der Waals surface area contributed by atoms with Crippen LogP contribution in [0.25, 0.3) is 0 Å². The molecule has 0 heterocycles. The molecule has 0 aromatic carbocycles. The average Bonchev–Trinajstić information content (AvgIpc) is 2.97. The Kier molecular flexibility index (Phi) is 33.1. The molecular weight excluding hydrogens is 520 g/mol. The lowest BCUT2D eigenvalue weighted by Gasteiger charge is -2.17. The van der Waals surface area contributed by atoms with Gasteiger partial charge in [-0.3, -0.25) is 9.59 Å². The van der Waals surface area contributed by atoms with E-state index in [1.807, 2.05) is 0 Å². The third-order valence-electron chi connectivity index (χ3n) is 8.47. The van der Waals surface area contributed by atoms with Crippen molar-refractivity contribution in [3.05, 3.63) is 12.2 Å². The fourth-order valence-electron chi connectivity index (χ4n) is 5.76. The van der Waals surface area contributed by atoms with Crippen molar-refractivity contribution in [3.8, 4) is 0 Å². The molecule has 4 nitrogen and oxygen atoms in total. The van der Waals surface area contributed by atoms with Gasteiger partial charge >= 0.3 is 11.9 Å². The zero-order valence-electron chi connectivity index (χ0n) is 28.3. The van der Waals surface area contributed by atoms with E-state index in [1.165, 1.54) is 141 Å². The van der Waals surface area contributed by atoms with Gasteiger partial charge in [0.2, 0.25) is 0 Å². The Morgan fingerprint density at radius 3 is 1.36 bits per heavy atom. The maximum Gasteiger partial charge on any atom is 0.306 e. The predicted octanol–water partition coefficient (Wildman–Crippen LogP) is 12.7. The molecule has 0 saturated carbocycles. The molecule has 4 heteroatoms. The van der Waals surface area contributed by atoms with Crippen LogP contribution in [-0.4, -0.2) is 23.1 Å². The molecule has 0 radical (unpaired) electrons. The topological polar surface area (TPSA) is 63.6 Å². The zero-order valence-corrected chi connectivity index (χ0v) is 28.3. The fraction of sp³-hybridized carbons (Fsp3) is 0.895. The molecular formula is C38H72O4. The molecule has 0 spiro atoms. The van der Waals surface area contributed by atoms with Crippen LogP contribution in [0.5, 0.6) is 0 Å². The Balaban J connectivity index is 3.54. The van der Waals surface area contributed by atoms with Crippen LogP contribution in [0.1, 0.15) is 213 Å². The van der Waals surface area contributed by atoms with Crippen molar-refractivity contribution < 1.29 is 19.4 Å². The third-order valence-corrected chi connectivity index (χ3v) is 8.47. The highest BCUT2D eigenvalue weighted by Crippen LogP contribution is 2.17. The summed E-state index contributed by atoms with van der Waals surface area (Å²) >= 11 is 0. The highest BCUT2D eigenvalue weighted by atomic mass is 16.5. The number of hydrogen-bond donors (Lipinski definition) is 1. The Hall–Kier alpha value is -1.32. The number of unbranched alkanes of at least 4 members (excludes halogenated alkanes) is 23. The van der Waals surface area contributed by atoms with Crippen LogP contribution < -0.4 is 0 Å². The number of aliphatic carboxylic acids is 1. The van der Waals surface area contributed by atoms with E-state index in [-0.39, 0.29) is 12.1 Å². The van der Waals surface area contributed by atoms with Gasteiger partial charge in [-0.1, -0.05) is 154 Å². The SMILES string of the molecule is CCCCCCCC/C=C\CCCCCCCC(=O)OC(CCC)CCCCCCCCCCCCCCCC(=O)O. The predicted molar refractivity (Wildman–Crippen MR) is 181 cm³/mol. The molecule has 0 rings (SSSR count). The van der Waals surface area contributed by atoms with E-state index in [1.54, 1.807) is 0 Å². The van der Waals surface area contributed by atoms with E-state index >= 15 is 0 Å². The number of carbonyl (C=O) groups is 2. The Bertz CT molecular complexity index is 600. The van der Waals surface area contributed by atoms with Crippen molar-refractivity contribution in [3.63, 3.8) is 0 Å². The maximum atomic E-state index is 12.4. The van der Waals surface area contributed by atoms with E-state index in [9.17, 15) is 9.59 Å². The second-order valence-electron chi connectivity index (χ2n) is 12.8. The van der Waals surface area contributed by atoms with Gasteiger partial charge in [0.05, 0.1) is 0 Å². The summed E-state index contributed by atoms with van der Waals surface area (Å²) in [6.45, 7) is 4.46. The Morgan fingerprint density at radius 2 is 0.905 bits per heavy atom. The number of hydrogen-bond acceptors (Lipinski definition) is 3. The number of carboxylic acids is 1. The van der Waals surface area contributed by atoms with Gasteiger partial charge in [0.15, 0.2) is 0 Å². The van der Waals surface area contributed by atoms with Crippen molar-refractivity contribution >= 4 is 11.9 Å². The summed E-state index contributed by atoms with van der Waals surface area (Å²) in [5.41, 5.74) is 0. The van der Waals surface area contributed by atoms with Crippen LogP contribution >= 0.6 is 0 Å². The van der Waals surface area contributed by atoms with Gasteiger partial charge < -0.3 is 9.84 Å². The summed E-state index contributed by atoms with van der Waals surface area (Å²) in [7, 11) is 0. The molecule has 0 fully saturated rings. The lowest BCUT2D eigenvalue weighted by molar-refractivity contribution is -0.150. The molecule has 1 unspecified atom stereocenters. The molecule has 0 saturated heterocycles. The van der Waals surface area contributed by atoms with Crippen molar-refractivity contribution in [1.82, 2.24) is 0 Å². The minimum absolute atomic E-state index is 0.0198. The van der Waals surface area contributed by atoms with Crippen LogP contribution in [0.15, 0.2) is 12.2 Å². The second-order valence-corrected chi connectivity index (χ2v) is 12.8. The standard InChI is InChI=1S/C38H72O4/c1-3-5-6-7-8-9-10-11-12-16-19-22-25-28-31-35-38(41)42-36(32-4-2)33-29-26-23-20-17-14-13-15-18-21-24-27-30-34-37(39)40/h11-12,36H,3-10,13-35H2,1-2H3,(H,39,40)/b12-11-. The number of rotatable bonds is 34. The molecule has 0 aromatic heterocycles. The van der Waals surface area contributed by atoms with E-state index < -0.39 is 5.97 Å². The van der Waals surface area contributed by atoms with Crippen molar-refractivity contribution in [1.29, 1.82) is 0 Å². The molecule has 0 amide bonds. The van der Waals surface area contributed by atoms with Gasteiger partial charge in [0, 0.05) is 12.8 Å². The van der Waals surface area contributed by atoms with Crippen LogP contribution in [0.3, 0.4) is 0 Å². The van der Waals surface area contributed by atoms with Gasteiger partial charge in [-0.25, -0.2) is 0 Å². The van der Waals surface area contributed by atoms with Gasteiger partial charge in [-0.05, 0) is 57.8 Å². The number of carbonyl (C=O) groups excluding carboxylic acids is 1. The summed E-state index contributed by atoms with van der Waals surface area (Å²) in [5.74, 6) is -0.648. The minimum Gasteiger partial charge on any atom is -0.481 e. The van der Waals surface area contributed by atoms with E-state index in [2.05, 4.69) is 26.0 Å². The van der Waals surface area contributed by atoms with Crippen LogP contribution in [0.4, 0.5) is 0 Å². The molecule has 1 atom stereocenters. The van der Waals surface area contributed by atoms with Crippen molar-refractivity contribution in [2.75, 3.05) is 0 Å². The van der Waals surface area contributed by atoms with Crippen LogP contribution in [0.2, 0.25) is 0 Å². The molecule has 1 N–H and O–H groups in total. The van der Waals surface area contributed by atoms with Crippen LogP contribution in [0, 0.1) is 0 Å². The highest BCUT2D eigenvalue weighted by Gasteiger charge is 2.13. The second kappa shape index (κ2) is 34.2. The first-order valence-corrected chi connectivity index (χ1v) is 18.7. The molecule has 0 aliphatic rings. The number of allylic oxidation sites excluding steroid dienone is 2. The van der Waals surface area contributed by atoms with Crippen molar-refractivity contribution in [2.24, 2.45) is 0 Å². The first-order valence-electron chi connectivity index (χ1n) is 18.7. The molecule has 248 valence electrons. The number of esters is 1. The summed E-state index contributed by atoms with van der Waals surface area (Å²) < 4.78 is 5.86. The third kappa shape index (κ3) is 33.2. The first kappa shape index (κ1) is 40.7. The summed E-state index contributed by atoms with van der Waals surface area (Å²) in [5, 5.41) is 8.65. The van der Waals surface area contributed by atoms with E-state index in [0.717, 1.165) is 44.9 Å². The largest absolute Gasteiger partial charge is 0.481 e. The number of ether oxygens (including phenoxy) is 1. The minimum atomic E-state index is -0.668. The monoisotopic (exact) mass is 593 g/mol. The Morgan fingerprint density at radius 1 is 0.500 bits per heavy atom. The molecule has 0 aliphatic heterocycles. The quantitative estimate of drug-likeness (QED) is 0.0458. The van der Waals surface area contributed by atoms with E-state index in [4.69, 9.17) is 9.84 Å². The summed E-state index contributed by atoms with van der Waals surface area (Å²) in [6, 6.07) is 0. The maximum absolute atomic E-state index is 12.4. The lowest BCUT2D eigenvalue weighted by Crippen LogP contribution is -2.18. The normalized spacial score (nSPS) is 12.2.